The predicted octanol–water partition coefficient (Wildman–Crippen LogP) is 3.42. The molecule has 2 amide bonds. The van der Waals surface area contributed by atoms with Gasteiger partial charge in [-0.1, -0.05) is 50.2 Å². The van der Waals surface area contributed by atoms with Gasteiger partial charge < -0.3 is 5.32 Å². The van der Waals surface area contributed by atoms with E-state index in [0.29, 0.717) is 17.1 Å². The Morgan fingerprint density at radius 2 is 1.53 bits per heavy atom. The second-order valence-corrected chi connectivity index (χ2v) is 7.93. The maximum Gasteiger partial charge on any atom is 0.295 e. The van der Waals surface area contributed by atoms with Crippen LogP contribution in [0.5, 0.6) is 0 Å². The van der Waals surface area contributed by atoms with Crippen molar-refractivity contribution < 1.29 is 9.59 Å². The zero-order valence-corrected chi connectivity index (χ0v) is 18.3. The largest absolute Gasteiger partial charge is 0.315 e. The Bertz CT molecular complexity index is 1240. The molecule has 0 spiro atoms. The summed E-state index contributed by atoms with van der Waals surface area (Å²) in [5, 5.41) is 8.32. The van der Waals surface area contributed by atoms with Gasteiger partial charge in [0.1, 0.15) is 11.4 Å². The minimum atomic E-state index is -0.483. The summed E-state index contributed by atoms with van der Waals surface area (Å²) in [4.78, 5) is 38.7. The van der Waals surface area contributed by atoms with Crippen LogP contribution in [-0.4, -0.2) is 26.9 Å². The topological polar surface area (TPSA) is 88.7 Å². The highest BCUT2D eigenvalue weighted by atomic mass is 16.2. The van der Waals surface area contributed by atoms with Crippen LogP contribution >= 0.6 is 0 Å². The van der Waals surface area contributed by atoms with E-state index in [1.165, 1.54) is 9.69 Å². The molecule has 0 unspecified atom stereocenters. The molecule has 32 heavy (non-hydrogen) atoms. The van der Waals surface area contributed by atoms with Crippen molar-refractivity contribution in [2.24, 2.45) is 12.1 Å². The van der Waals surface area contributed by atoms with Crippen molar-refractivity contribution in [3.8, 4) is 5.69 Å². The second-order valence-electron chi connectivity index (χ2n) is 7.93. The molecular formula is C24H25N5O3. The first kappa shape index (κ1) is 21.3. The number of nitrogens with one attached hydrogen (secondary N) is 1. The fourth-order valence-corrected chi connectivity index (χ4v) is 3.93. The van der Waals surface area contributed by atoms with Crippen LogP contribution in [-0.2, 0) is 16.6 Å². The number of anilines is 2. The number of nitrogens with zero attached hydrogens (tertiary/aromatic N) is 4. The molecule has 0 saturated carbocycles. The minimum absolute atomic E-state index is 0.0105. The standard InChI is InChI=1S/C24H25N5O3/c1-16(2)22-21(24(32)29(27(22)3)18-12-8-5-9-13-18)25-23(31)19-14-15-20(30)28(26-19)17-10-6-4-7-11-17/h4-13,16H,14-15H2,1-3H3,(H,25,31). The molecule has 1 aromatic heterocycles. The molecule has 0 aliphatic carbocycles. The van der Waals surface area contributed by atoms with Crippen molar-refractivity contribution in [3.05, 3.63) is 76.7 Å². The minimum Gasteiger partial charge on any atom is -0.315 e. The summed E-state index contributed by atoms with van der Waals surface area (Å²) in [7, 11) is 1.80. The van der Waals surface area contributed by atoms with Gasteiger partial charge in [0.25, 0.3) is 11.5 Å². The van der Waals surface area contributed by atoms with Crippen molar-refractivity contribution in [1.29, 1.82) is 0 Å². The normalized spacial score (nSPS) is 13.9. The van der Waals surface area contributed by atoms with E-state index < -0.39 is 5.91 Å². The molecule has 164 valence electrons. The molecule has 2 aromatic carbocycles. The van der Waals surface area contributed by atoms with Gasteiger partial charge in [-0.3, -0.25) is 19.1 Å². The van der Waals surface area contributed by atoms with E-state index in [1.54, 1.807) is 36.0 Å². The van der Waals surface area contributed by atoms with Gasteiger partial charge in [0.2, 0.25) is 5.91 Å². The van der Waals surface area contributed by atoms with Crippen LogP contribution < -0.4 is 15.9 Å². The van der Waals surface area contributed by atoms with Crippen molar-refractivity contribution in [2.75, 3.05) is 10.3 Å². The maximum atomic E-state index is 13.3. The van der Waals surface area contributed by atoms with Gasteiger partial charge in [-0.05, 0) is 30.2 Å². The van der Waals surface area contributed by atoms with E-state index in [1.807, 2.05) is 50.2 Å². The van der Waals surface area contributed by atoms with E-state index >= 15 is 0 Å². The van der Waals surface area contributed by atoms with Crippen LogP contribution in [0.25, 0.3) is 5.69 Å². The summed E-state index contributed by atoms with van der Waals surface area (Å²) in [5.41, 5.74) is 2.12. The zero-order chi connectivity index (χ0) is 22.8. The lowest BCUT2D eigenvalue weighted by atomic mass is 10.1. The Hall–Kier alpha value is -3.94. The SMILES string of the molecule is CC(C)c1c(NC(=O)C2=NN(c3ccccc3)C(=O)CC2)c(=O)n(-c2ccccc2)n1C. The van der Waals surface area contributed by atoms with Gasteiger partial charge in [0, 0.05) is 19.9 Å². The van der Waals surface area contributed by atoms with E-state index in [9.17, 15) is 14.4 Å². The summed E-state index contributed by atoms with van der Waals surface area (Å²) in [6, 6.07) is 18.2. The number of para-hydroxylation sites is 2. The van der Waals surface area contributed by atoms with Gasteiger partial charge >= 0.3 is 0 Å². The Morgan fingerprint density at radius 1 is 0.938 bits per heavy atom. The maximum absolute atomic E-state index is 13.3. The third-order valence-corrected chi connectivity index (χ3v) is 5.39. The number of benzene rings is 2. The number of aromatic nitrogens is 2. The fourth-order valence-electron chi connectivity index (χ4n) is 3.93. The number of amides is 2. The van der Waals surface area contributed by atoms with Gasteiger partial charge in [-0.15, -0.1) is 0 Å². The van der Waals surface area contributed by atoms with Crippen LogP contribution in [0.15, 0.2) is 70.6 Å². The summed E-state index contributed by atoms with van der Waals surface area (Å²) in [6.07, 6.45) is 0.381. The summed E-state index contributed by atoms with van der Waals surface area (Å²) in [6.45, 7) is 3.93. The van der Waals surface area contributed by atoms with Crippen LogP contribution in [0.2, 0.25) is 0 Å². The smallest absolute Gasteiger partial charge is 0.295 e. The average Bonchev–Trinajstić information content (AvgIpc) is 3.04. The monoisotopic (exact) mass is 431 g/mol. The highest BCUT2D eigenvalue weighted by Gasteiger charge is 2.28. The molecule has 8 nitrogen and oxygen atoms in total. The highest BCUT2D eigenvalue weighted by Crippen LogP contribution is 2.24. The second kappa shape index (κ2) is 8.66. The van der Waals surface area contributed by atoms with Gasteiger partial charge in [-0.25, -0.2) is 9.69 Å². The van der Waals surface area contributed by atoms with Crippen LogP contribution in [0, 0.1) is 0 Å². The van der Waals surface area contributed by atoms with Crippen molar-refractivity contribution >= 4 is 28.9 Å². The number of hydrogen-bond acceptors (Lipinski definition) is 4. The molecule has 8 heteroatoms. The quantitative estimate of drug-likeness (QED) is 0.671. The summed E-state index contributed by atoms with van der Waals surface area (Å²) in [5.74, 6) is -0.673. The third kappa shape index (κ3) is 3.87. The number of hydrazone groups is 1. The first-order valence-corrected chi connectivity index (χ1v) is 10.5. The van der Waals surface area contributed by atoms with E-state index in [2.05, 4.69) is 10.4 Å². The number of carbonyl (C=O) groups excluding carboxylic acids is 2. The number of rotatable bonds is 5. The van der Waals surface area contributed by atoms with Crippen molar-refractivity contribution in [3.63, 3.8) is 0 Å². The molecule has 0 radical (unpaired) electrons. The first-order chi connectivity index (χ1) is 15.4. The molecule has 4 rings (SSSR count). The molecule has 1 N–H and O–H groups in total. The molecule has 1 aliphatic heterocycles. The lowest BCUT2D eigenvalue weighted by molar-refractivity contribution is -0.118. The lowest BCUT2D eigenvalue weighted by Gasteiger charge is -2.23. The summed E-state index contributed by atoms with van der Waals surface area (Å²) >= 11 is 0. The van der Waals surface area contributed by atoms with Crippen molar-refractivity contribution in [1.82, 2.24) is 9.36 Å². The van der Waals surface area contributed by atoms with Crippen LogP contribution in [0.4, 0.5) is 11.4 Å². The van der Waals surface area contributed by atoms with E-state index in [-0.39, 0.29) is 41.6 Å². The number of carbonyl (C=O) groups is 2. The molecule has 2 heterocycles. The Balaban J connectivity index is 1.71. The van der Waals surface area contributed by atoms with Crippen LogP contribution in [0.1, 0.15) is 38.3 Å². The highest BCUT2D eigenvalue weighted by molar-refractivity contribution is 6.44. The molecule has 0 saturated heterocycles. The summed E-state index contributed by atoms with van der Waals surface area (Å²) < 4.78 is 3.30. The Morgan fingerprint density at radius 3 is 2.12 bits per heavy atom. The molecule has 3 aromatic rings. The molecule has 1 aliphatic rings. The molecule has 0 atom stereocenters. The van der Waals surface area contributed by atoms with Crippen molar-refractivity contribution in [2.45, 2.75) is 32.6 Å². The third-order valence-electron chi connectivity index (χ3n) is 5.39. The van der Waals surface area contributed by atoms with Gasteiger partial charge in [0.05, 0.1) is 17.1 Å². The zero-order valence-electron chi connectivity index (χ0n) is 18.3. The number of hydrogen-bond donors (Lipinski definition) is 1. The predicted molar refractivity (Wildman–Crippen MR) is 124 cm³/mol. The molecule has 0 bridgehead atoms. The Labute approximate surface area is 185 Å². The Kier molecular flexibility index (Phi) is 5.77. The van der Waals surface area contributed by atoms with E-state index in [4.69, 9.17) is 0 Å². The molecule has 0 fully saturated rings. The van der Waals surface area contributed by atoms with Gasteiger partial charge in [-0.2, -0.15) is 5.10 Å². The van der Waals surface area contributed by atoms with Gasteiger partial charge in [0.15, 0.2) is 0 Å². The first-order valence-electron chi connectivity index (χ1n) is 10.5. The average molecular weight is 431 g/mol. The molecular weight excluding hydrogens is 406 g/mol. The fraction of sp³-hybridized carbons (Fsp3) is 0.250. The lowest BCUT2D eigenvalue weighted by Crippen LogP contribution is -2.37. The van der Waals surface area contributed by atoms with E-state index in [0.717, 1.165) is 0 Å². The van der Waals surface area contributed by atoms with Crippen LogP contribution in [0.3, 0.4) is 0 Å².